The smallest absolute Gasteiger partial charge is 0.301 e. The van der Waals surface area contributed by atoms with Crippen LogP contribution >= 0.6 is 0 Å². The van der Waals surface area contributed by atoms with Crippen molar-refractivity contribution >= 4 is 23.3 Å². The first-order chi connectivity index (χ1) is 15.9. The van der Waals surface area contributed by atoms with Crippen molar-refractivity contribution < 1.29 is 33.4 Å². The van der Waals surface area contributed by atoms with E-state index in [2.05, 4.69) is 5.16 Å². The van der Waals surface area contributed by atoms with E-state index in [0.29, 0.717) is 34.1 Å². The Hall–Kier alpha value is -4.27. The van der Waals surface area contributed by atoms with Gasteiger partial charge in [0.15, 0.2) is 17.3 Å². The zero-order chi connectivity index (χ0) is 23.7. The minimum atomic E-state index is -1.02. The van der Waals surface area contributed by atoms with Crippen LogP contribution in [-0.4, -0.2) is 43.3 Å². The maximum Gasteiger partial charge on any atom is 0.301 e. The standard InChI is InChI=1S/C24H22N2O7/c1-13-10-18(25-33-13)26-20(15-11-16(30-2)23(32-4)17(12-15)31-3)19(22(28)24(26)29)21(27)14-8-6-5-7-9-14/h5-12,20,27H,1-4H3/t20-/m0/s1. The van der Waals surface area contributed by atoms with E-state index >= 15 is 0 Å². The van der Waals surface area contributed by atoms with E-state index in [0.717, 1.165) is 0 Å². The first kappa shape index (κ1) is 21.9. The fraction of sp³-hybridized carbons (Fsp3) is 0.208. The van der Waals surface area contributed by atoms with Gasteiger partial charge in [-0.3, -0.25) is 14.5 Å². The fourth-order valence-electron chi connectivity index (χ4n) is 3.86. The molecule has 3 aromatic rings. The number of aryl methyl sites for hydroxylation is 1. The summed E-state index contributed by atoms with van der Waals surface area (Å²) in [4.78, 5) is 27.5. The molecule has 1 saturated heterocycles. The molecule has 1 N–H and O–H groups in total. The summed E-state index contributed by atoms with van der Waals surface area (Å²) in [6.45, 7) is 1.67. The second-order valence-electron chi connectivity index (χ2n) is 7.29. The molecule has 1 aliphatic rings. The Labute approximate surface area is 189 Å². The van der Waals surface area contributed by atoms with E-state index in [4.69, 9.17) is 18.7 Å². The third-order valence-electron chi connectivity index (χ3n) is 5.36. The van der Waals surface area contributed by atoms with Crippen molar-refractivity contribution in [3.8, 4) is 17.2 Å². The van der Waals surface area contributed by atoms with E-state index in [1.807, 2.05) is 0 Å². The van der Waals surface area contributed by atoms with Crippen LogP contribution in [0.3, 0.4) is 0 Å². The number of aliphatic hydroxyl groups excluding tert-OH is 1. The molecule has 9 nitrogen and oxygen atoms in total. The van der Waals surface area contributed by atoms with Gasteiger partial charge in [0.1, 0.15) is 11.5 Å². The average molecular weight is 450 g/mol. The molecule has 0 bridgehead atoms. The molecular formula is C24H22N2O7. The molecule has 33 heavy (non-hydrogen) atoms. The largest absolute Gasteiger partial charge is 0.507 e. The first-order valence-electron chi connectivity index (χ1n) is 10.0. The number of methoxy groups -OCH3 is 3. The normalized spacial score (nSPS) is 17.3. The van der Waals surface area contributed by atoms with Gasteiger partial charge < -0.3 is 23.8 Å². The molecule has 0 aliphatic carbocycles. The number of ketones is 1. The molecule has 0 spiro atoms. The Morgan fingerprint density at radius 3 is 2.15 bits per heavy atom. The van der Waals surface area contributed by atoms with Crippen LogP contribution in [0.4, 0.5) is 5.82 Å². The van der Waals surface area contributed by atoms with Crippen molar-refractivity contribution in [1.29, 1.82) is 0 Å². The quantitative estimate of drug-likeness (QED) is 0.344. The Morgan fingerprint density at radius 2 is 1.64 bits per heavy atom. The minimum Gasteiger partial charge on any atom is -0.507 e. The topological polar surface area (TPSA) is 111 Å². The van der Waals surface area contributed by atoms with Gasteiger partial charge in [-0.15, -0.1) is 0 Å². The number of hydrogen-bond acceptors (Lipinski definition) is 8. The summed E-state index contributed by atoms with van der Waals surface area (Å²) in [5, 5.41) is 15.0. The molecule has 1 amide bonds. The summed E-state index contributed by atoms with van der Waals surface area (Å²) in [5.41, 5.74) is 0.743. The van der Waals surface area contributed by atoms with E-state index in [9.17, 15) is 14.7 Å². The predicted octanol–water partition coefficient (Wildman–Crippen LogP) is 3.64. The highest BCUT2D eigenvalue weighted by Crippen LogP contribution is 2.46. The molecule has 0 unspecified atom stereocenters. The van der Waals surface area contributed by atoms with Crippen LogP contribution in [0, 0.1) is 6.92 Å². The zero-order valence-electron chi connectivity index (χ0n) is 18.5. The van der Waals surface area contributed by atoms with Crippen molar-refractivity contribution in [1.82, 2.24) is 5.16 Å². The van der Waals surface area contributed by atoms with E-state index in [1.165, 1.54) is 26.2 Å². The molecule has 2 aromatic carbocycles. The van der Waals surface area contributed by atoms with Crippen LogP contribution < -0.4 is 19.1 Å². The molecule has 170 valence electrons. The lowest BCUT2D eigenvalue weighted by Crippen LogP contribution is -2.29. The van der Waals surface area contributed by atoms with Crippen molar-refractivity contribution in [3.05, 3.63) is 71.0 Å². The second-order valence-corrected chi connectivity index (χ2v) is 7.29. The van der Waals surface area contributed by atoms with Crippen molar-refractivity contribution in [2.45, 2.75) is 13.0 Å². The molecule has 0 saturated carbocycles. The minimum absolute atomic E-state index is 0.0962. The molecule has 1 fully saturated rings. The van der Waals surface area contributed by atoms with Gasteiger partial charge >= 0.3 is 5.91 Å². The second kappa shape index (κ2) is 8.70. The number of rotatable bonds is 6. The van der Waals surface area contributed by atoms with Crippen molar-refractivity contribution in [2.24, 2.45) is 0 Å². The monoisotopic (exact) mass is 450 g/mol. The Bertz CT molecular complexity index is 1220. The van der Waals surface area contributed by atoms with Crippen molar-refractivity contribution in [2.75, 3.05) is 26.2 Å². The highest BCUT2D eigenvalue weighted by molar-refractivity contribution is 6.51. The SMILES string of the molecule is COc1cc([C@H]2C(=C(O)c3ccccc3)C(=O)C(=O)N2c2cc(C)on2)cc(OC)c1OC. The van der Waals surface area contributed by atoms with Gasteiger partial charge in [-0.1, -0.05) is 35.5 Å². The lowest BCUT2D eigenvalue weighted by molar-refractivity contribution is -0.132. The van der Waals surface area contributed by atoms with Gasteiger partial charge in [0.2, 0.25) is 5.75 Å². The summed E-state index contributed by atoms with van der Waals surface area (Å²) in [7, 11) is 4.39. The summed E-state index contributed by atoms with van der Waals surface area (Å²) >= 11 is 0. The molecule has 9 heteroatoms. The molecule has 2 heterocycles. The predicted molar refractivity (Wildman–Crippen MR) is 119 cm³/mol. The number of anilines is 1. The van der Waals surface area contributed by atoms with E-state index < -0.39 is 17.7 Å². The maximum absolute atomic E-state index is 13.2. The van der Waals surface area contributed by atoms with Gasteiger partial charge in [0.25, 0.3) is 5.78 Å². The molecule has 4 rings (SSSR count). The molecule has 1 aromatic heterocycles. The van der Waals surface area contributed by atoms with Gasteiger partial charge in [0, 0.05) is 11.6 Å². The zero-order valence-corrected chi connectivity index (χ0v) is 18.5. The number of carbonyl (C=O) groups excluding carboxylic acids is 2. The van der Waals surface area contributed by atoms with Crippen LogP contribution in [0.15, 0.2) is 58.6 Å². The molecule has 1 atom stereocenters. The van der Waals surface area contributed by atoms with Gasteiger partial charge in [0.05, 0.1) is 32.9 Å². The maximum atomic E-state index is 13.2. The number of hydrogen-bond donors (Lipinski definition) is 1. The summed E-state index contributed by atoms with van der Waals surface area (Å²) in [6, 6.07) is 12.3. The Balaban J connectivity index is 2.01. The van der Waals surface area contributed by atoms with Gasteiger partial charge in [-0.25, -0.2) is 0 Å². The summed E-state index contributed by atoms with van der Waals surface area (Å²) < 4.78 is 21.4. The van der Waals surface area contributed by atoms with Crippen LogP contribution in [0.25, 0.3) is 5.76 Å². The average Bonchev–Trinajstić information content (AvgIpc) is 3.38. The fourth-order valence-corrected chi connectivity index (χ4v) is 3.86. The third kappa shape index (κ3) is 3.67. The number of ether oxygens (including phenoxy) is 3. The van der Waals surface area contributed by atoms with Crippen LogP contribution in [0.1, 0.15) is 22.9 Å². The van der Waals surface area contributed by atoms with Gasteiger partial charge in [-0.05, 0) is 24.6 Å². The highest BCUT2D eigenvalue weighted by atomic mass is 16.5. The summed E-state index contributed by atoms with van der Waals surface area (Å²) in [6.07, 6.45) is 0. The highest BCUT2D eigenvalue weighted by Gasteiger charge is 2.48. The number of Topliss-reactive ketones (excluding diaryl/α,β-unsaturated/α-hetero) is 1. The van der Waals surface area contributed by atoms with E-state index in [-0.39, 0.29) is 17.2 Å². The number of nitrogens with zero attached hydrogens (tertiary/aromatic N) is 2. The van der Waals surface area contributed by atoms with Crippen molar-refractivity contribution in [3.63, 3.8) is 0 Å². The lowest BCUT2D eigenvalue weighted by atomic mass is 9.94. The Morgan fingerprint density at radius 1 is 1.00 bits per heavy atom. The summed E-state index contributed by atoms with van der Waals surface area (Å²) in [5.74, 6) is -0.409. The number of aromatic nitrogens is 1. The lowest BCUT2D eigenvalue weighted by Gasteiger charge is -2.24. The van der Waals surface area contributed by atoms with Gasteiger partial charge in [-0.2, -0.15) is 0 Å². The number of aliphatic hydroxyl groups is 1. The van der Waals surface area contributed by atoms with E-state index in [1.54, 1.807) is 55.5 Å². The molecule has 1 aliphatic heterocycles. The first-order valence-corrected chi connectivity index (χ1v) is 10.0. The molecular weight excluding hydrogens is 428 g/mol. The number of amides is 1. The van der Waals surface area contributed by atoms with Crippen LogP contribution in [-0.2, 0) is 9.59 Å². The van der Waals surface area contributed by atoms with Crippen LogP contribution in [0.2, 0.25) is 0 Å². The number of benzene rings is 2. The Kier molecular flexibility index (Phi) is 5.78. The third-order valence-corrected chi connectivity index (χ3v) is 5.36. The molecule has 0 radical (unpaired) electrons. The van der Waals surface area contributed by atoms with Crippen LogP contribution in [0.5, 0.6) is 17.2 Å². The number of carbonyl (C=O) groups is 2.